The molecule has 0 saturated heterocycles. The van der Waals surface area contributed by atoms with Gasteiger partial charge in [0.05, 0.1) is 6.61 Å². The third-order valence-electron chi connectivity index (χ3n) is 4.75. The number of ether oxygens (including phenoxy) is 1. The number of benzene rings is 2. The molecule has 1 N–H and O–H groups in total. The first-order valence-corrected chi connectivity index (χ1v) is 8.73. The van der Waals surface area contributed by atoms with Crippen molar-refractivity contribution in [1.29, 1.82) is 0 Å². The Balaban J connectivity index is 2.01. The molecule has 0 bridgehead atoms. The fourth-order valence-electron chi connectivity index (χ4n) is 3.24. The normalized spacial score (nSPS) is 16.5. The van der Waals surface area contributed by atoms with Crippen molar-refractivity contribution in [2.75, 3.05) is 11.9 Å². The van der Waals surface area contributed by atoms with E-state index in [4.69, 9.17) is 4.74 Å². The summed E-state index contributed by atoms with van der Waals surface area (Å²) in [6, 6.07) is 12.4. The maximum Gasteiger partial charge on any atom is 0.225 e. The highest BCUT2D eigenvalue weighted by atomic mass is 16.5. The van der Waals surface area contributed by atoms with Crippen LogP contribution in [0.5, 0.6) is 5.75 Å². The summed E-state index contributed by atoms with van der Waals surface area (Å²) in [4.78, 5) is 12.2. The molecule has 1 aliphatic rings. The largest absolute Gasteiger partial charge is 0.493 e. The number of para-hydroxylation sites is 1. The zero-order valence-electron chi connectivity index (χ0n) is 14.7. The molecule has 1 heterocycles. The number of aryl methyl sites for hydroxylation is 2. The molecule has 0 aliphatic carbocycles. The van der Waals surface area contributed by atoms with E-state index >= 15 is 0 Å². The number of hydrogen-bond acceptors (Lipinski definition) is 2. The Bertz CT molecular complexity index is 751. The molecular weight excluding hydrogens is 298 g/mol. The van der Waals surface area contributed by atoms with Crippen LogP contribution in [0.4, 0.5) is 5.69 Å². The lowest BCUT2D eigenvalue weighted by atomic mass is 9.83. The number of fused-ring (bicyclic) bond motifs is 1. The van der Waals surface area contributed by atoms with Gasteiger partial charge < -0.3 is 10.1 Å². The molecule has 3 heteroatoms. The van der Waals surface area contributed by atoms with Crippen LogP contribution < -0.4 is 10.1 Å². The van der Waals surface area contributed by atoms with Gasteiger partial charge in [0.25, 0.3) is 0 Å². The van der Waals surface area contributed by atoms with Crippen LogP contribution in [0.2, 0.25) is 0 Å². The van der Waals surface area contributed by atoms with Gasteiger partial charge in [0, 0.05) is 23.6 Å². The van der Waals surface area contributed by atoms with Gasteiger partial charge in [-0.15, -0.1) is 0 Å². The maximum absolute atomic E-state index is 12.2. The van der Waals surface area contributed by atoms with Crippen LogP contribution >= 0.6 is 0 Å². The summed E-state index contributed by atoms with van der Waals surface area (Å²) in [5, 5.41) is 3.02. The lowest BCUT2D eigenvalue weighted by Gasteiger charge is -2.28. The number of nitrogens with one attached hydrogen (secondary N) is 1. The van der Waals surface area contributed by atoms with Crippen molar-refractivity contribution >= 4 is 11.6 Å². The Kier molecular flexibility index (Phi) is 4.89. The molecule has 126 valence electrons. The van der Waals surface area contributed by atoms with E-state index in [9.17, 15) is 4.79 Å². The van der Waals surface area contributed by atoms with E-state index in [0.717, 1.165) is 29.8 Å². The fourth-order valence-corrected chi connectivity index (χ4v) is 3.24. The maximum atomic E-state index is 12.2. The summed E-state index contributed by atoms with van der Waals surface area (Å²) >= 11 is 0. The van der Waals surface area contributed by atoms with Gasteiger partial charge in [-0.2, -0.15) is 0 Å². The van der Waals surface area contributed by atoms with Crippen molar-refractivity contribution in [2.24, 2.45) is 0 Å². The van der Waals surface area contributed by atoms with Gasteiger partial charge in [0.2, 0.25) is 5.91 Å². The van der Waals surface area contributed by atoms with Crippen LogP contribution in [0, 0.1) is 13.8 Å². The molecule has 0 spiro atoms. The van der Waals surface area contributed by atoms with Gasteiger partial charge in [-0.1, -0.05) is 37.6 Å². The average Bonchev–Trinajstić information content (AvgIpc) is 2.56. The van der Waals surface area contributed by atoms with Crippen LogP contribution in [-0.4, -0.2) is 12.5 Å². The molecule has 3 rings (SSSR count). The second kappa shape index (κ2) is 7.08. The smallest absolute Gasteiger partial charge is 0.225 e. The van der Waals surface area contributed by atoms with Crippen LogP contribution in [-0.2, 0) is 4.79 Å². The first kappa shape index (κ1) is 16.6. The van der Waals surface area contributed by atoms with Crippen molar-refractivity contribution in [1.82, 2.24) is 0 Å². The molecule has 3 nitrogen and oxygen atoms in total. The van der Waals surface area contributed by atoms with Gasteiger partial charge in [0.15, 0.2) is 0 Å². The van der Waals surface area contributed by atoms with E-state index in [1.807, 2.05) is 18.2 Å². The molecule has 0 unspecified atom stereocenters. The van der Waals surface area contributed by atoms with E-state index in [-0.39, 0.29) is 11.8 Å². The van der Waals surface area contributed by atoms with E-state index in [0.29, 0.717) is 13.0 Å². The van der Waals surface area contributed by atoms with Gasteiger partial charge >= 0.3 is 0 Å². The van der Waals surface area contributed by atoms with Crippen molar-refractivity contribution in [3.8, 4) is 5.75 Å². The number of unbranched alkanes of at least 4 members (excludes halogenated alkanes) is 1. The fraction of sp³-hybridized carbons (Fsp3) is 0.381. The summed E-state index contributed by atoms with van der Waals surface area (Å²) in [6.45, 7) is 7.06. The van der Waals surface area contributed by atoms with Gasteiger partial charge in [-0.05, 0) is 49.1 Å². The van der Waals surface area contributed by atoms with Gasteiger partial charge in [-0.3, -0.25) is 4.79 Å². The first-order valence-electron chi connectivity index (χ1n) is 8.73. The van der Waals surface area contributed by atoms with E-state index in [1.54, 1.807) is 0 Å². The molecule has 1 amide bonds. The Hall–Kier alpha value is -2.29. The minimum atomic E-state index is 0.0471. The molecule has 24 heavy (non-hydrogen) atoms. The van der Waals surface area contributed by atoms with Crippen molar-refractivity contribution in [2.45, 2.75) is 46.0 Å². The highest BCUT2D eigenvalue weighted by Crippen LogP contribution is 2.41. The molecule has 0 fully saturated rings. The minimum absolute atomic E-state index is 0.0471. The van der Waals surface area contributed by atoms with Crippen LogP contribution in [0.15, 0.2) is 36.4 Å². The highest BCUT2D eigenvalue weighted by Gasteiger charge is 2.29. The molecule has 0 radical (unpaired) electrons. The second-order valence-corrected chi connectivity index (χ2v) is 6.57. The Morgan fingerprint density at radius 3 is 2.67 bits per heavy atom. The standard InChI is InChI=1S/C21H25NO2/c1-4-5-10-24-20-9-7-6-8-16(20)17-13-21(23)22-19-12-15(3)14(2)11-18(17)19/h6-9,11-12,17H,4-5,10,13H2,1-3H3,(H,22,23)/t17-/m1/s1. The van der Waals surface area contributed by atoms with Gasteiger partial charge in [-0.25, -0.2) is 0 Å². The lowest BCUT2D eigenvalue weighted by Crippen LogP contribution is -2.24. The number of anilines is 1. The summed E-state index contributed by atoms with van der Waals surface area (Å²) in [5.41, 5.74) is 5.67. The number of amides is 1. The third kappa shape index (κ3) is 3.30. The second-order valence-electron chi connectivity index (χ2n) is 6.57. The molecule has 2 aromatic carbocycles. The highest BCUT2D eigenvalue weighted by molar-refractivity contribution is 5.95. The molecule has 2 aromatic rings. The predicted molar refractivity (Wildman–Crippen MR) is 97.9 cm³/mol. The summed E-state index contributed by atoms with van der Waals surface area (Å²) < 4.78 is 6.00. The van der Waals surface area contributed by atoms with E-state index < -0.39 is 0 Å². The molecule has 1 aliphatic heterocycles. The zero-order valence-corrected chi connectivity index (χ0v) is 14.7. The first-order chi connectivity index (χ1) is 11.6. The monoisotopic (exact) mass is 323 g/mol. The minimum Gasteiger partial charge on any atom is -0.493 e. The topological polar surface area (TPSA) is 38.3 Å². The summed E-state index contributed by atoms with van der Waals surface area (Å²) in [7, 11) is 0. The van der Waals surface area contributed by atoms with Crippen LogP contribution in [0.1, 0.15) is 54.4 Å². The number of rotatable bonds is 5. The average molecular weight is 323 g/mol. The number of carbonyl (C=O) groups is 1. The lowest BCUT2D eigenvalue weighted by molar-refractivity contribution is -0.116. The molecule has 0 aromatic heterocycles. The Labute approximate surface area is 144 Å². The Morgan fingerprint density at radius 1 is 1.12 bits per heavy atom. The van der Waals surface area contributed by atoms with Crippen molar-refractivity contribution < 1.29 is 9.53 Å². The van der Waals surface area contributed by atoms with E-state index in [1.165, 1.54) is 16.7 Å². The third-order valence-corrected chi connectivity index (χ3v) is 4.75. The Morgan fingerprint density at radius 2 is 1.88 bits per heavy atom. The van der Waals surface area contributed by atoms with Gasteiger partial charge in [0.1, 0.15) is 5.75 Å². The van der Waals surface area contributed by atoms with Crippen LogP contribution in [0.3, 0.4) is 0 Å². The van der Waals surface area contributed by atoms with Crippen LogP contribution in [0.25, 0.3) is 0 Å². The van der Waals surface area contributed by atoms with Crippen molar-refractivity contribution in [3.63, 3.8) is 0 Å². The van der Waals surface area contributed by atoms with E-state index in [2.05, 4.69) is 44.3 Å². The quantitative estimate of drug-likeness (QED) is 0.790. The van der Waals surface area contributed by atoms with Crippen molar-refractivity contribution in [3.05, 3.63) is 58.7 Å². The molecular formula is C21H25NO2. The predicted octanol–water partition coefficient (Wildman–Crippen LogP) is 4.96. The number of hydrogen-bond donors (Lipinski definition) is 1. The molecule has 0 saturated carbocycles. The zero-order chi connectivity index (χ0) is 17.1. The summed E-state index contributed by atoms with van der Waals surface area (Å²) in [6.07, 6.45) is 2.60. The number of carbonyl (C=O) groups excluding carboxylic acids is 1. The SMILES string of the molecule is CCCCOc1ccccc1[C@H]1CC(=O)Nc2cc(C)c(C)cc21. The molecule has 1 atom stereocenters. The summed E-state index contributed by atoms with van der Waals surface area (Å²) in [5.74, 6) is 1.01.